The van der Waals surface area contributed by atoms with Crippen molar-refractivity contribution < 1.29 is 28.0 Å². The van der Waals surface area contributed by atoms with Gasteiger partial charge in [-0.1, -0.05) is 12.1 Å². The van der Waals surface area contributed by atoms with Crippen LogP contribution in [0.5, 0.6) is 5.75 Å². The number of para-hydroxylation sites is 1. The molecule has 100 valence electrons. The molecule has 0 heterocycles. The zero-order valence-electron chi connectivity index (χ0n) is 9.28. The molecule has 0 saturated carbocycles. The third kappa shape index (κ3) is 3.42. The first-order valence-corrected chi connectivity index (χ1v) is 6.44. The summed E-state index contributed by atoms with van der Waals surface area (Å²) in [5, 5.41) is 18.2. The fourth-order valence-electron chi connectivity index (χ4n) is 1.41. The van der Waals surface area contributed by atoms with E-state index in [1.165, 1.54) is 12.1 Å². The summed E-state index contributed by atoms with van der Waals surface area (Å²) in [5.74, 6) is -1.77. The van der Waals surface area contributed by atoms with Crippen LogP contribution < -0.4 is 5.73 Å². The molecule has 0 aliphatic heterocycles. The average molecular weight is 275 g/mol. The minimum Gasteiger partial charge on any atom is -0.506 e. The highest BCUT2D eigenvalue weighted by molar-refractivity contribution is 7.86. The fourth-order valence-corrected chi connectivity index (χ4v) is 2.04. The molecule has 0 radical (unpaired) electrons. The summed E-state index contributed by atoms with van der Waals surface area (Å²) >= 11 is 0. The number of carbonyl (C=O) groups is 1. The number of carboxylic acids is 1. The summed E-state index contributed by atoms with van der Waals surface area (Å²) in [4.78, 5) is 9.90. The molecule has 0 aromatic heterocycles. The number of carboxylic acid groups (broad SMARTS) is 1. The van der Waals surface area contributed by atoms with Crippen molar-refractivity contribution in [3.8, 4) is 5.75 Å². The van der Waals surface area contributed by atoms with Crippen LogP contribution in [-0.2, 0) is 21.3 Å². The number of nitrogens with two attached hydrogens (primary N) is 1. The standard InChI is InChI=1S/C10H13NO6S/c11-7(10(13)14)5-4-6-2-1-3-8(9(6)12)18(15,16)17/h1-3,7,12H,4-5,11H2,(H,13,14)(H,15,16,17). The largest absolute Gasteiger partial charge is 0.506 e. The number of aliphatic carboxylic acids is 1. The van der Waals surface area contributed by atoms with Gasteiger partial charge in [0, 0.05) is 0 Å². The number of phenols is 1. The van der Waals surface area contributed by atoms with Crippen molar-refractivity contribution in [3.63, 3.8) is 0 Å². The van der Waals surface area contributed by atoms with Gasteiger partial charge in [0.05, 0.1) is 0 Å². The van der Waals surface area contributed by atoms with Crippen LogP contribution in [0.15, 0.2) is 23.1 Å². The van der Waals surface area contributed by atoms with E-state index >= 15 is 0 Å². The molecular formula is C10H13NO6S. The minimum atomic E-state index is -4.51. The van der Waals surface area contributed by atoms with Crippen LogP contribution in [0.3, 0.4) is 0 Å². The Morgan fingerprint density at radius 3 is 2.50 bits per heavy atom. The Balaban J connectivity index is 2.95. The molecule has 1 unspecified atom stereocenters. The Morgan fingerprint density at radius 2 is 2.00 bits per heavy atom. The first-order valence-electron chi connectivity index (χ1n) is 5.00. The molecule has 0 fully saturated rings. The van der Waals surface area contributed by atoms with Crippen LogP contribution in [0.25, 0.3) is 0 Å². The number of phenolic OH excluding ortho intramolecular Hbond substituents is 1. The molecule has 1 aromatic carbocycles. The molecule has 0 aliphatic rings. The van der Waals surface area contributed by atoms with E-state index in [9.17, 15) is 18.3 Å². The lowest BCUT2D eigenvalue weighted by molar-refractivity contribution is -0.138. The summed E-state index contributed by atoms with van der Waals surface area (Å²) in [6.45, 7) is 0. The average Bonchev–Trinajstić information content (AvgIpc) is 2.25. The Morgan fingerprint density at radius 1 is 1.39 bits per heavy atom. The second-order valence-corrected chi connectivity index (χ2v) is 5.11. The van der Waals surface area contributed by atoms with Crippen LogP contribution in [-0.4, -0.2) is 35.2 Å². The summed E-state index contributed by atoms with van der Waals surface area (Å²) in [6, 6.07) is 2.72. The van der Waals surface area contributed by atoms with Gasteiger partial charge in [-0.15, -0.1) is 0 Å². The summed E-state index contributed by atoms with van der Waals surface area (Å²) in [5.41, 5.74) is 5.50. The van der Waals surface area contributed by atoms with Gasteiger partial charge in [0.2, 0.25) is 0 Å². The number of benzene rings is 1. The van der Waals surface area contributed by atoms with Crippen molar-refractivity contribution in [1.82, 2.24) is 0 Å². The van der Waals surface area contributed by atoms with Gasteiger partial charge in [0.25, 0.3) is 10.1 Å². The maximum Gasteiger partial charge on any atom is 0.320 e. The first-order chi connectivity index (χ1) is 8.23. The maximum atomic E-state index is 10.9. The SMILES string of the molecule is NC(CCc1cccc(S(=O)(=O)O)c1O)C(=O)O. The van der Waals surface area contributed by atoms with Gasteiger partial charge in [-0.25, -0.2) is 0 Å². The second kappa shape index (κ2) is 5.34. The number of aryl methyl sites for hydroxylation is 1. The van der Waals surface area contributed by atoms with Gasteiger partial charge in [0.1, 0.15) is 16.7 Å². The topological polar surface area (TPSA) is 138 Å². The van der Waals surface area contributed by atoms with E-state index in [2.05, 4.69) is 0 Å². The van der Waals surface area contributed by atoms with E-state index in [1.54, 1.807) is 0 Å². The van der Waals surface area contributed by atoms with E-state index in [4.69, 9.17) is 15.4 Å². The molecule has 1 aromatic rings. The van der Waals surface area contributed by atoms with Gasteiger partial charge in [-0.2, -0.15) is 8.42 Å². The van der Waals surface area contributed by atoms with Crippen molar-refractivity contribution in [2.75, 3.05) is 0 Å². The normalized spacial score (nSPS) is 13.2. The van der Waals surface area contributed by atoms with Crippen LogP contribution >= 0.6 is 0 Å². The quantitative estimate of drug-likeness (QED) is 0.554. The van der Waals surface area contributed by atoms with Crippen LogP contribution in [0.1, 0.15) is 12.0 Å². The molecule has 1 rings (SSSR count). The lowest BCUT2D eigenvalue weighted by atomic mass is 10.0. The van der Waals surface area contributed by atoms with Crippen molar-refractivity contribution in [1.29, 1.82) is 0 Å². The Hall–Kier alpha value is -1.64. The summed E-state index contributed by atoms with van der Waals surface area (Å²) < 4.78 is 30.7. The van der Waals surface area contributed by atoms with E-state index in [-0.39, 0.29) is 18.4 Å². The van der Waals surface area contributed by atoms with E-state index in [0.717, 1.165) is 6.07 Å². The van der Waals surface area contributed by atoms with Crippen molar-refractivity contribution in [3.05, 3.63) is 23.8 Å². The third-order valence-electron chi connectivity index (χ3n) is 2.40. The molecule has 18 heavy (non-hydrogen) atoms. The van der Waals surface area contributed by atoms with Crippen molar-refractivity contribution in [2.24, 2.45) is 5.73 Å². The first kappa shape index (κ1) is 14.4. The van der Waals surface area contributed by atoms with Crippen LogP contribution in [0, 0.1) is 0 Å². The maximum absolute atomic E-state index is 10.9. The van der Waals surface area contributed by atoms with Crippen LogP contribution in [0.4, 0.5) is 0 Å². The number of hydrogen-bond donors (Lipinski definition) is 4. The molecule has 0 aliphatic carbocycles. The number of rotatable bonds is 5. The second-order valence-electron chi connectivity index (χ2n) is 3.72. The minimum absolute atomic E-state index is 0.0395. The number of aromatic hydroxyl groups is 1. The Labute approximate surface area is 104 Å². The predicted octanol–water partition coefficient (Wildman–Crippen LogP) is -0.0166. The monoisotopic (exact) mass is 275 g/mol. The molecule has 0 amide bonds. The highest BCUT2D eigenvalue weighted by atomic mass is 32.2. The Bertz CT molecular complexity index is 553. The molecule has 1 atom stereocenters. The molecule has 5 N–H and O–H groups in total. The third-order valence-corrected chi connectivity index (χ3v) is 3.29. The molecule has 7 nitrogen and oxygen atoms in total. The van der Waals surface area contributed by atoms with E-state index in [0.29, 0.717) is 0 Å². The predicted molar refractivity (Wildman–Crippen MR) is 61.9 cm³/mol. The van der Waals surface area contributed by atoms with E-state index in [1.807, 2.05) is 0 Å². The lowest BCUT2D eigenvalue weighted by Gasteiger charge is -2.09. The van der Waals surface area contributed by atoms with Crippen molar-refractivity contribution in [2.45, 2.75) is 23.8 Å². The zero-order valence-corrected chi connectivity index (χ0v) is 10.1. The van der Waals surface area contributed by atoms with E-state index < -0.39 is 32.8 Å². The molecular weight excluding hydrogens is 262 g/mol. The van der Waals surface area contributed by atoms with Gasteiger partial charge >= 0.3 is 5.97 Å². The van der Waals surface area contributed by atoms with Gasteiger partial charge in [0.15, 0.2) is 0 Å². The highest BCUT2D eigenvalue weighted by Crippen LogP contribution is 2.27. The van der Waals surface area contributed by atoms with Gasteiger partial charge < -0.3 is 15.9 Å². The molecule has 0 saturated heterocycles. The molecule has 0 bridgehead atoms. The smallest absolute Gasteiger partial charge is 0.320 e. The number of hydrogen-bond acceptors (Lipinski definition) is 5. The molecule has 0 spiro atoms. The lowest BCUT2D eigenvalue weighted by Crippen LogP contribution is -2.30. The van der Waals surface area contributed by atoms with Gasteiger partial charge in [-0.05, 0) is 24.5 Å². The van der Waals surface area contributed by atoms with Crippen LogP contribution in [0.2, 0.25) is 0 Å². The highest BCUT2D eigenvalue weighted by Gasteiger charge is 2.19. The summed E-state index contributed by atoms with van der Waals surface area (Å²) in [6.07, 6.45) is 0.125. The zero-order chi connectivity index (χ0) is 13.9. The Kier molecular flexibility index (Phi) is 4.28. The fraction of sp³-hybridized carbons (Fsp3) is 0.300. The summed E-state index contributed by atoms with van der Waals surface area (Å²) in [7, 11) is -4.51. The van der Waals surface area contributed by atoms with Crippen molar-refractivity contribution >= 4 is 16.1 Å². The molecule has 8 heteroatoms. The van der Waals surface area contributed by atoms with Gasteiger partial charge in [-0.3, -0.25) is 9.35 Å².